The predicted molar refractivity (Wildman–Crippen MR) is 39.6 cm³/mol. The molecule has 4 N–H and O–H groups in total. The minimum Gasteiger partial charge on any atom is -0.365 e. The molecule has 0 saturated carbocycles. The van der Waals surface area contributed by atoms with Gasteiger partial charge in [-0.2, -0.15) is 5.21 Å². The van der Waals surface area contributed by atoms with Gasteiger partial charge in [0.25, 0.3) is 5.96 Å². The average molecular weight is 186 g/mol. The van der Waals surface area contributed by atoms with Gasteiger partial charge in [-0.25, -0.2) is 10.1 Å². The number of nitrogens with two attached hydrogens (primary N) is 1. The Hall–Kier alpha value is -2.26. The maximum atomic E-state index is 9.82. The monoisotopic (exact) mass is 186 g/mol. The van der Waals surface area contributed by atoms with Crippen LogP contribution in [-0.2, 0) is 6.54 Å². The van der Waals surface area contributed by atoms with Crippen LogP contribution in [0.15, 0.2) is 5.10 Å². The zero-order valence-electron chi connectivity index (χ0n) is 6.34. The Bertz CT molecular complexity index is 303. The van der Waals surface area contributed by atoms with Gasteiger partial charge in [-0.15, -0.1) is 10.2 Å². The van der Waals surface area contributed by atoms with E-state index in [0.29, 0.717) is 5.82 Å². The van der Waals surface area contributed by atoms with Crippen LogP contribution in [-0.4, -0.2) is 31.6 Å². The van der Waals surface area contributed by atoms with Crippen LogP contribution in [0.4, 0.5) is 0 Å². The third-order valence-corrected chi connectivity index (χ3v) is 1.01. The van der Waals surface area contributed by atoms with Crippen molar-refractivity contribution < 1.29 is 5.03 Å². The number of hydrogen-bond donors (Lipinski definition) is 3. The number of hydrogen-bond acceptors (Lipinski definition) is 5. The number of aromatic nitrogens is 4. The van der Waals surface area contributed by atoms with Gasteiger partial charge >= 0.3 is 0 Å². The molecule has 13 heavy (non-hydrogen) atoms. The van der Waals surface area contributed by atoms with Crippen LogP contribution < -0.4 is 11.1 Å². The van der Waals surface area contributed by atoms with Crippen LogP contribution in [0.3, 0.4) is 0 Å². The minimum atomic E-state index is -0.904. The average Bonchev–Trinajstić information content (AvgIpc) is 2.51. The molecule has 1 aromatic heterocycles. The van der Waals surface area contributed by atoms with Crippen molar-refractivity contribution in [2.45, 2.75) is 6.54 Å². The first kappa shape index (κ1) is 8.83. The van der Waals surface area contributed by atoms with E-state index in [2.05, 4.69) is 31.0 Å². The van der Waals surface area contributed by atoms with Crippen LogP contribution in [0, 0.1) is 10.1 Å². The number of nitrogens with zero attached hydrogens (tertiary/aromatic N) is 5. The Balaban J connectivity index is 2.39. The fraction of sp³-hybridized carbons (Fsp3) is 0.333. The second-order valence-electron chi connectivity index (χ2n) is 1.90. The summed E-state index contributed by atoms with van der Waals surface area (Å²) in [4.78, 5) is 9.82. The number of H-pyrrole nitrogens is 1. The SMILES string of the molecule is NC(=N[N+](=O)[O-])NCc1nn[nH]n1. The van der Waals surface area contributed by atoms with Crippen molar-refractivity contribution in [3.8, 4) is 0 Å². The fourth-order valence-corrected chi connectivity index (χ4v) is 0.550. The van der Waals surface area contributed by atoms with Gasteiger partial charge < -0.3 is 11.1 Å². The van der Waals surface area contributed by atoms with Gasteiger partial charge in [0.1, 0.15) is 5.10 Å². The lowest BCUT2D eigenvalue weighted by Gasteiger charge is -1.96. The van der Waals surface area contributed by atoms with Crippen LogP contribution >= 0.6 is 0 Å². The molecule has 0 aromatic carbocycles. The molecule has 0 amide bonds. The summed E-state index contributed by atoms with van der Waals surface area (Å²) in [5, 5.41) is 26.8. The van der Waals surface area contributed by atoms with Crippen molar-refractivity contribution in [2.24, 2.45) is 10.8 Å². The summed E-state index contributed by atoms with van der Waals surface area (Å²) >= 11 is 0. The zero-order chi connectivity index (χ0) is 9.68. The molecule has 0 spiro atoms. The number of nitro groups is 1. The lowest BCUT2D eigenvalue weighted by Crippen LogP contribution is -2.32. The molecule has 1 rings (SSSR count). The van der Waals surface area contributed by atoms with Crippen molar-refractivity contribution in [3.05, 3.63) is 15.9 Å². The van der Waals surface area contributed by atoms with Gasteiger partial charge in [-0.3, -0.25) is 0 Å². The number of rotatable bonds is 3. The van der Waals surface area contributed by atoms with Crippen LogP contribution in [0.25, 0.3) is 0 Å². The highest BCUT2D eigenvalue weighted by atomic mass is 16.7. The van der Waals surface area contributed by atoms with Gasteiger partial charge in [0.05, 0.1) is 6.54 Å². The molecule has 0 unspecified atom stereocenters. The van der Waals surface area contributed by atoms with Gasteiger partial charge in [0.15, 0.2) is 10.9 Å². The fourth-order valence-electron chi connectivity index (χ4n) is 0.550. The van der Waals surface area contributed by atoms with Crippen molar-refractivity contribution >= 4 is 5.96 Å². The molecule has 10 nitrogen and oxygen atoms in total. The third kappa shape index (κ3) is 3.09. The van der Waals surface area contributed by atoms with E-state index >= 15 is 0 Å². The highest BCUT2D eigenvalue weighted by Gasteiger charge is 2.01. The van der Waals surface area contributed by atoms with E-state index in [9.17, 15) is 10.1 Å². The topological polar surface area (TPSA) is 148 Å². The number of hydrazone groups is 1. The molecule has 0 radical (unpaired) electrons. The highest BCUT2D eigenvalue weighted by Crippen LogP contribution is 1.80. The Morgan fingerprint density at radius 2 is 2.62 bits per heavy atom. The molecule has 10 heteroatoms. The molecule has 0 atom stereocenters. The minimum absolute atomic E-state index is 0.125. The molecule has 1 aromatic rings. The number of tetrazole rings is 1. The smallest absolute Gasteiger partial charge is 0.266 e. The molecule has 0 saturated heterocycles. The molecule has 70 valence electrons. The third-order valence-electron chi connectivity index (χ3n) is 1.01. The predicted octanol–water partition coefficient (Wildman–Crippen LogP) is -2.20. The van der Waals surface area contributed by atoms with Crippen LogP contribution in [0.2, 0.25) is 0 Å². The van der Waals surface area contributed by atoms with Gasteiger partial charge in [0, 0.05) is 0 Å². The molecular formula is C3H6N8O2. The van der Waals surface area contributed by atoms with E-state index in [1.165, 1.54) is 0 Å². The molecular weight excluding hydrogens is 180 g/mol. The van der Waals surface area contributed by atoms with Crippen molar-refractivity contribution in [3.63, 3.8) is 0 Å². The maximum absolute atomic E-state index is 9.82. The first-order valence-corrected chi connectivity index (χ1v) is 3.13. The second kappa shape index (κ2) is 3.94. The normalized spacial score (nSPS) is 11.2. The molecule has 1 heterocycles. The lowest BCUT2D eigenvalue weighted by atomic mass is 10.6. The zero-order valence-corrected chi connectivity index (χ0v) is 6.34. The summed E-state index contributed by atoms with van der Waals surface area (Å²) in [7, 11) is 0. The standard InChI is InChI=1S/C3H6N8O2/c4-3(8-11(12)13)5-1-2-6-9-10-7-2/h1H2,(H3,4,5,8)(H,6,7,9,10). The maximum Gasteiger partial charge on any atom is 0.266 e. The Labute approximate surface area is 71.3 Å². The van der Waals surface area contributed by atoms with Crippen molar-refractivity contribution in [1.29, 1.82) is 0 Å². The summed E-state index contributed by atoms with van der Waals surface area (Å²) in [6, 6.07) is 0. The first-order chi connectivity index (χ1) is 6.18. The van der Waals surface area contributed by atoms with E-state index in [1.54, 1.807) is 0 Å². The molecule has 0 aliphatic carbocycles. The van der Waals surface area contributed by atoms with Gasteiger partial charge in [-0.1, -0.05) is 5.21 Å². The lowest BCUT2D eigenvalue weighted by molar-refractivity contribution is -0.485. The number of nitrogens with one attached hydrogen (secondary N) is 2. The summed E-state index contributed by atoms with van der Waals surface area (Å²) in [6.07, 6.45) is 0. The van der Waals surface area contributed by atoms with Crippen molar-refractivity contribution in [1.82, 2.24) is 25.9 Å². The van der Waals surface area contributed by atoms with E-state index in [1.807, 2.05) is 0 Å². The van der Waals surface area contributed by atoms with Crippen molar-refractivity contribution in [2.75, 3.05) is 0 Å². The van der Waals surface area contributed by atoms with E-state index in [-0.39, 0.29) is 12.5 Å². The van der Waals surface area contributed by atoms with E-state index in [0.717, 1.165) is 0 Å². The Morgan fingerprint density at radius 1 is 1.85 bits per heavy atom. The summed E-state index contributed by atoms with van der Waals surface area (Å²) in [5.74, 6) is 0.0243. The first-order valence-electron chi connectivity index (χ1n) is 3.13. The second-order valence-corrected chi connectivity index (χ2v) is 1.90. The van der Waals surface area contributed by atoms with Crippen LogP contribution in [0.5, 0.6) is 0 Å². The molecule has 0 fully saturated rings. The Kier molecular flexibility index (Phi) is 2.68. The van der Waals surface area contributed by atoms with Crippen LogP contribution in [0.1, 0.15) is 5.82 Å². The molecule has 0 aliphatic heterocycles. The number of guanidine groups is 1. The van der Waals surface area contributed by atoms with Gasteiger partial charge in [-0.05, 0) is 0 Å². The van der Waals surface area contributed by atoms with E-state index in [4.69, 9.17) is 5.73 Å². The summed E-state index contributed by atoms with van der Waals surface area (Å²) in [6.45, 7) is 0.125. The largest absolute Gasteiger partial charge is 0.365 e. The molecule has 0 aliphatic rings. The Morgan fingerprint density at radius 3 is 3.15 bits per heavy atom. The van der Waals surface area contributed by atoms with E-state index < -0.39 is 5.03 Å². The quantitative estimate of drug-likeness (QED) is 0.210. The number of aromatic amines is 1. The summed E-state index contributed by atoms with van der Waals surface area (Å²) in [5.41, 5.74) is 5.10. The molecule has 0 bridgehead atoms. The summed E-state index contributed by atoms with van der Waals surface area (Å²) < 4.78 is 0. The van der Waals surface area contributed by atoms with Gasteiger partial charge in [0.2, 0.25) is 0 Å². The highest BCUT2D eigenvalue weighted by molar-refractivity contribution is 5.76.